The molecule has 2 rings (SSSR count). The first kappa shape index (κ1) is 15.3. The molecule has 0 aliphatic rings. The van der Waals surface area contributed by atoms with Gasteiger partial charge in [0.15, 0.2) is 0 Å². The summed E-state index contributed by atoms with van der Waals surface area (Å²) < 4.78 is 0.828. The van der Waals surface area contributed by atoms with Crippen LogP contribution >= 0.6 is 15.9 Å². The molecular formula is C16H15BrN2O2. The number of amides is 2. The average Bonchev–Trinajstić information content (AvgIpc) is 2.41. The Morgan fingerprint density at radius 1 is 1.05 bits per heavy atom. The van der Waals surface area contributed by atoms with E-state index in [1.54, 1.807) is 24.3 Å². The number of rotatable bonds is 3. The first-order valence-corrected chi connectivity index (χ1v) is 7.20. The van der Waals surface area contributed by atoms with Gasteiger partial charge in [-0.2, -0.15) is 0 Å². The summed E-state index contributed by atoms with van der Waals surface area (Å²) in [6, 6.07) is 12.5. The lowest BCUT2D eigenvalue weighted by Gasteiger charge is -2.09. The molecule has 2 amide bonds. The second-order valence-corrected chi connectivity index (χ2v) is 5.55. The van der Waals surface area contributed by atoms with Gasteiger partial charge in [0, 0.05) is 22.6 Å². The highest BCUT2D eigenvalue weighted by atomic mass is 79.9. The van der Waals surface area contributed by atoms with Crippen molar-refractivity contribution in [3.05, 3.63) is 58.1 Å². The Hall–Kier alpha value is -2.14. The highest BCUT2D eigenvalue weighted by Gasteiger charge is 2.09. The van der Waals surface area contributed by atoms with Gasteiger partial charge in [0.2, 0.25) is 5.91 Å². The van der Waals surface area contributed by atoms with Gasteiger partial charge < -0.3 is 10.6 Å². The van der Waals surface area contributed by atoms with E-state index in [9.17, 15) is 9.59 Å². The molecule has 0 atom stereocenters. The van der Waals surface area contributed by atoms with Gasteiger partial charge in [-0.05, 0) is 58.7 Å². The maximum absolute atomic E-state index is 12.2. The largest absolute Gasteiger partial charge is 0.326 e. The van der Waals surface area contributed by atoms with Crippen LogP contribution in [0.15, 0.2) is 46.9 Å². The summed E-state index contributed by atoms with van der Waals surface area (Å²) >= 11 is 3.42. The molecule has 0 fully saturated rings. The molecule has 0 aliphatic carbocycles. The standard InChI is InChI=1S/C16H15BrN2O2/c1-10-6-7-15(14(17)8-10)19-16(21)12-4-3-5-13(9-12)18-11(2)20/h3-9H,1-2H3,(H,18,20)(H,19,21). The molecule has 5 heteroatoms. The summed E-state index contributed by atoms with van der Waals surface area (Å²) in [5.74, 6) is -0.402. The second-order valence-electron chi connectivity index (χ2n) is 4.70. The first-order chi connectivity index (χ1) is 9.95. The molecule has 2 aromatic rings. The number of hydrogen-bond acceptors (Lipinski definition) is 2. The molecule has 108 valence electrons. The van der Waals surface area contributed by atoms with Crippen LogP contribution in [0.3, 0.4) is 0 Å². The summed E-state index contributed by atoms with van der Waals surface area (Å²) in [4.78, 5) is 23.3. The number of nitrogens with one attached hydrogen (secondary N) is 2. The van der Waals surface area contributed by atoms with Gasteiger partial charge in [-0.25, -0.2) is 0 Å². The number of anilines is 2. The van der Waals surface area contributed by atoms with E-state index < -0.39 is 0 Å². The average molecular weight is 347 g/mol. The van der Waals surface area contributed by atoms with E-state index in [4.69, 9.17) is 0 Å². The molecule has 21 heavy (non-hydrogen) atoms. The highest BCUT2D eigenvalue weighted by Crippen LogP contribution is 2.24. The number of benzene rings is 2. The number of carbonyl (C=O) groups excluding carboxylic acids is 2. The molecule has 0 heterocycles. The third-order valence-electron chi connectivity index (χ3n) is 2.82. The van der Waals surface area contributed by atoms with E-state index in [2.05, 4.69) is 26.6 Å². The Bertz CT molecular complexity index is 698. The molecule has 0 aromatic heterocycles. The molecule has 0 radical (unpaired) electrons. The third-order valence-corrected chi connectivity index (χ3v) is 3.47. The van der Waals surface area contributed by atoms with Gasteiger partial charge in [0.25, 0.3) is 5.91 Å². The van der Waals surface area contributed by atoms with Crippen LogP contribution in [0.25, 0.3) is 0 Å². The topological polar surface area (TPSA) is 58.2 Å². The maximum atomic E-state index is 12.2. The van der Waals surface area contributed by atoms with E-state index >= 15 is 0 Å². The van der Waals surface area contributed by atoms with Crippen molar-refractivity contribution in [3.63, 3.8) is 0 Å². The third kappa shape index (κ3) is 4.16. The lowest BCUT2D eigenvalue weighted by Crippen LogP contribution is -2.13. The molecule has 0 saturated heterocycles. The van der Waals surface area contributed by atoms with E-state index in [0.717, 1.165) is 10.0 Å². The number of halogens is 1. The maximum Gasteiger partial charge on any atom is 0.255 e. The van der Waals surface area contributed by atoms with Gasteiger partial charge in [0.05, 0.1) is 5.69 Å². The molecule has 0 aliphatic heterocycles. The molecule has 0 saturated carbocycles. The van der Waals surface area contributed by atoms with E-state index in [-0.39, 0.29) is 11.8 Å². The summed E-state index contributed by atoms with van der Waals surface area (Å²) in [5, 5.41) is 5.49. The lowest BCUT2D eigenvalue weighted by molar-refractivity contribution is -0.114. The molecule has 0 unspecified atom stereocenters. The molecule has 4 nitrogen and oxygen atoms in total. The molecule has 2 aromatic carbocycles. The zero-order valence-corrected chi connectivity index (χ0v) is 13.3. The van der Waals surface area contributed by atoms with Crippen molar-refractivity contribution in [2.24, 2.45) is 0 Å². The van der Waals surface area contributed by atoms with Crippen LogP contribution in [0.4, 0.5) is 11.4 Å². The Labute approximate surface area is 131 Å². The normalized spacial score (nSPS) is 10.0. The Morgan fingerprint density at radius 2 is 1.81 bits per heavy atom. The predicted molar refractivity (Wildman–Crippen MR) is 87.6 cm³/mol. The fourth-order valence-electron chi connectivity index (χ4n) is 1.86. The molecule has 0 spiro atoms. The van der Waals surface area contributed by atoms with E-state index in [1.807, 2.05) is 25.1 Å². The van der Waals surface area contributed by atoms with Crippen LogP contribution < -0.4 is 10.6 Å². The van der Waals surface area contributed by atoms with Crippen LogP contribution in [-0.4, -0.2) is 11.8 Å². The first-order valence-electron chi connectivity index (χ1n) is 6.41. The summed E-state index contributed by atoms with van der Waals surface area (Å²) in [7, 11) is 0. The van der Waals surface area contributed by atoms with Crippen molar-refractivity contribution >= 4 is 39.1 Å². The highest BCUT2D eigenvalue weighted by molar-refractivity contribution is 9.10. The van der Waals surface area contributed by atoms with Gasteiger partial charge in [-0.15, -0.1) is 0 Å². The lowest BCUT2D eigenvalue weighted by atomic mass is 10.1. The van der Waals surface area contributed by atoms with E-state index in [1.165, 1.54) is 6.92 Å². The minimum atomic E-state index is -0.230. The summed E-state index contributed by atoms with van der Waals surface area (Å²) in [5.41, 5.74) is 2.88. The van der Waals surface area contributed by atoms with Crippen molar-refractivity contribution in [2.75, 3.05) is 10.6 Å². The van der Waals surface area contributed by atoms with Crippen LogP contribution in [0.5, 0.6) is 0 Å². The van der Waals surface area contributed by atoms with Crippen molar-refractivity contribution in [1.29, 1.82) is 0 Å². The van der Waals surface area contributed by atoms with Gasteiger partial charge in [-0.1, -0.05) is 12.1 Å². The zero-order chi connectivity index (χ0) is 15.4. The molecule has 2 N–H and O–H groups in total. The van der Waals surface area contributed by atoms with Gasteiger partial charge in [0.1, 0.15) is 0 Å². The Morgan fingerprint density at radius 3 is 2.48 bits per heavy atom. The monoisotopic (exact) mass is 346 g/mol. The minimum absolute atomic E-state index is 0.172. The smallest absolute Gasteiger partial charge is 0.255 e. The van der Waals surface area contributed by atoms with E-state index in [0.29, 0.717) is 16.9 Å². The Balaban J connectivity index is 2.18. The zero-order valence-electron chi connectivity index (χ0n) is 11.7. The van der Waals surface area contributed by atoms with Crippen molar-refractivity contribution in [2.45, 2.75) is 13.8 Å². The van der Waals surface area contributed by atoms with Crippen molar-refractivity contribution in [3.8, 4) is 0 Å². The van der Waals surface area contributed by atoms with Crippen LogP contribution in [0.1, 0.15) is 22.8 Å². The number of aryl methyl sites for hydroxylation is 1. The van der Waals surface area contributed by atoms with Crippen molar-refractivity contribution < 1.29 is 9.59 Å². The molecule has 0 bridgehead atoms. The minimum Gasteiger partial charge on any atom is -0.326 e. The van der Waals surface area contributed by atoms with Gasteiger partial charge >= 0.3 is 0 Å². The number of hydrogen-bond donors (Lipinski definition) is 2. The SMILES string of the molecule is CC(=O)Nc1cccc(C(=O)Nc2ccc(C)cc2Br)c1. The van der Waals surface area contributed by atoms with Gasteiger partial charge in [-0.3, -0.25) is 9.59 Å². The fourth-order valence-corrected chi connectivity index (χ4v) is 2.45. The Kier molecular flexibility index (Phi) is 4.75. The summed E-state index contributed by atoms with van der Waals surface area (Å²) in [6.45, 7) is 3.41. The van der Waals surface area contributed by atoms with Crippen LogP contribution in [0, 0.1) is 6.92 Å². The van der Waals surface area contributed by atoms with Crippen molar-refractivity contribution in [1.82, 2.24) is 0 Å². The predicted octanol–water partition coefficient (Wildman–Crippen LogP) is 3.97. The fraction of sp³-hybridized carbons (Fsp3) is 0.125. The van der Waals surface area contributed by atoms with Crippen LogP contribution in [0.2, 0.25) is 0 Å². The second kappa shape index (κ2) is 6.54. The van der Waals surface area contributed by atoms with Crippen LogP contribution in [-0.2, 0) is 4.79 Å². The molecular weight excluding hydrogens is 332 g/mol. The number of carbonyl (C=O) groups is 2. The summed E-state index contributed by atoms with van der Waals surface area (Å²) in [6.07, 6.45) is 0. The quantitative estimate of drug-likeness (QED) is 0.883.